The van der Waals surface area contributed by atoms with Gasteiger partial charge in [-0.3, -0.25) is 4.79 Å². The van der Waals surface area contributed by atoms with Crippen molar-refractivity contribution < 1.29 is 27.5 Å². The fourth-order valence-electron chi connectivity index (χ4n) is 4.43. The number of halogens is 3. The minimum atomic E-state index is -4.33. The van der Waals surface area contributed by atoms with Gasteiger partial charge in [0.05, 0.1) is 18.9 Å². The topological polar surface area (TPSA) is 105 Å². The first-order valence-electron chi connectivity index (χ1n) is 11.6. The summed E-state index contributed by atoms with van der Waals surface area (Å²) in [5.74, 6) is 0.837. The van der Waals surface area contributed by atoms with E-state index in [2.05, 4.69) is 25.9 Å². The number of amides is 2. The zero-order valence-corrected chi connectivity index (χ0v) is 19.3. The number of alkyl carbamates (subject to hydrolysis) is 1. The lowest BCUT2D eigenvalue weighted by atomic mass is 9.72. The summed E-state index contributed by atoms with van der Waals surface area (Å²) in [6.45, 7) is 2.16. The van der Waals surface area contributed by atoms with Crippen LogP contribution in [-0.2, 0) is 9.53 Å². The van der Waals surface area contributed by atoms with Crippen LogP contribution in [0.4, 0.5) is 29.6 Å². The maximum absolute atomic E-state index is 12.3. The molecule has 1 saturated carbocycles. The minimum absolute atomic E-state index is 0.0632. The Morgan fingerprint density at radius 3 is 2.46 bits per heavy atom. The molecule has 2 aromatic rings. The zero-order chi connectivity index (χ0) is 25.0. The molecule has 3 N–H and O–H groups in total. The quantitative estimate of drug-likeness (QED) is 0.506. The highest BCUT2D eigenvalue weighted by Crippen LogP contribution is 2.41. The molecule has 2 fully saturated rings. The van der Waals surface area contributed by atoms with Crippen LogP contribution in [0.5, 0.6) is 0 Å². The summed E-state index contributed by atoms with van der Waals surface area (Å²) in [6, 6.07) is 6.62. The van der Waals surface area contributed by atoms with Crippen LogP contribution in [0.3, 0.4) is 0 Å². The Hall–Kier alpha value is -3.37. The van der Waals surface area contributed by atoms with E-state index < -0.39 is 24.7 Å². The SMILES string of the molecule is CC(CC(F)(F)F)NC(=O)OCC1CC(c2cnc(Nc3ccc(C4CCNC4=O)cc3)nc2)C1. The second kappa shape index (κ2) is 10.5. The molecule has 0 bridgehead atoms. The van der Waals surface area contributed by atoms with Crippen LogP contribution in [0, 0.1) is 5.92 Å². The Balaban J connectivity index is 1.18. The van der Waals surface area contributed by atoms with Crippen molar-refractivity contribution in [2.24, 2.45) is 5.92 Å². The number of carbonyl (C=O) groups is 2. The van der Waals surface area contributed by atoms with Gasteiger partial charge in [0.25, 0.3) is 0 Å². The van der Waals surface area contributed by atoms with Crippen LogP contribution in [0.2, 0.25) is 0 Å². The van der Waals surface area contributed by atoms with E-state index in [1.807, 2.05) is 24.3 Å². The zero-order valence-electron chi connectivity index (χ0n) is 19.3. The Labute approximate surface area is 201 Å². The minimum Gasteiger partial charge on any atom is -0.449 e. The van der Waals surface area contributed by atoms with E-state index in [1.54, 1.807) is 12.4 Å². The number of aromatic nitrogens is 2. The molecular weight excluding hydrogens is 463 g/mol. The molecule has 1 saturated heterocycles. The molecule has 2 heterocycles. The van der Waals surface area contributed by atoms with E-state index in [-0.39, 0.29) is 30.3 Å². The summed E-state index contributed by atoms with van der Waals surface area (Å²) in [4.78, 5) is 32.3. The molecule has 35 heavy (non-hydrogen) atoms. The highest BCUT2D eigenvalue weighted by molar-refractivity contribution is 5.85. The average molecular weight is 492 g/mol. The molecule has 11 heteroatoms. The maximum Gasteiger partial charge on any atom is 0.407 e. The molecular formula is C24H28F3N5O3. The lowest BCUT2D eigenvalue weighted by molar-refractivity contribution is -0.138. The normalized spacial score (nSPS) is 22.6. The molecule has 1 aromatic carbocycles. The number of nitrogens with one attached hydrogen (secondary N) is 3. The van der Waals surface area contributed by atoms with Crippen LogP contribution < -0.4 is 16.0 Å². The second-order valence-electron chi connectivity index (χ2n) is 9.22. The van der Waals surface area contributed by atoms with E-state index in [0.29, 0.717) is 12.5 Å². The number of rotatable bonds is 8. The maximum atomic E-state index is 12.3. The van der Waals surface area contributed by atoms with Gasteiger partial charge in [-0.1, -0.05) is 12.1 Å². The first-order valence-corrected chi connectivity index (χ1v) is 11.6. The molecule has 188 valence electrons. The van der Waals surface area contributed by atoms with Gasteiger partial charge in [-0.2, -0.15) is 13.2 Å². The average Bonchev–Trinajstić information content (AvgIpc) is 3.18. The number of ether oxygens (including phenoxy) is 1. The highest BCUT2D eigenvalue weighted by atomic mass is 19.4. The number of carbonyl (C=O) groups excluding carboxylic acids is 2. The van der Waals surface area contributed by atoms with Gasteiger partial charge in [-0.15, -0.1) is 0 Å². The van der Waals surface area contributed by atoms with Crippen LogP contribution in [0.1, 0.15) is 55.6 Å². The molecule has 1 aromatic heterocycles. The van der Waals surface area contributed by atoms with Crippen molar-refractivity contribution in [3.63, 3.8) is 0 Å². The van der Waals surface area contributed by atoms with Crippen molar-refractivity contribution in [2.45, 2.75) is 56.7 Å². The van der Waals surface area contributed by atoms with Crippen LogP contribution in [0.15, 0.2) is 36.7 Å². The van der Waals surface area contributed by atoms with E-state index >= 15 is 0 Å². The number of nitrogens with zero attached hydrogens (tertiary/aromatic N) is 2. The van der Waals surface area contributed by atoms with Crippen molar-refractivity contribution in [3.8, 4) is 0 Å². The van der Waals surface area contributed by atoms with Crippen molar-refractivity contribution in [1.82, 2.24) is 20.6 Å². The first kappa shape index (κ1) is 24.7. The summed E-state index contributed by atoms with van der Waals surface area (Å²) in [5, 5.41) is 8.19. The van der Waals surface area contributed by atoms with Crippen molar-refractivity contribution >= 4 is 23.6 Å². The molecule has 2 atom stereocenters. The van der Waals surface area contributed by atoms with Gasteiger partial charge < -0.3 is 20.7 Å². The lowest BCUT2D eigenvalue weighted by Crippen LogP contribution is -2.38. The fraction of sp³-hybridized carbons (Fsp3) is 0.500. The van der Waals surface area contributed by atoms with Crippen LogP contribution in [0.25, 0.3) is 0 Å². The number of anilines is 2. The first-order chi connectivity index (χ1) is 16.7. The molecule has 4 rings (SSSR count). The van der Waals surface area contributed by atoms with Crippen molar-refractivity contribution in [2.75, 3.05) is 18.5 Å². The molecule has 0 spiro atoms. The molecule has 0 radical (unpaired) electrons. The number of hydrogen-bond donors (Lipinski definition) is 3. The third-order valence-electron chi connectivity index (χ3n) is 6.35. The Bertz CT molecular complexity index is 1020. The standard InChI is InChI=1S/C24H28F3N5O3/c1-14(10-24(25,26)27)31-23(34)35-13-15-8-17(9-15)18-11-29-22(30-12-18)32-19-4-2-16(3-5-19)20-6-7-28-21(20)33/h2-5,11-12,14-15,17,20H,6-10,13H2,1H3,(H,28,33)(H,31,34)(H,29,30,32). The Morgan fingerprint density at radius 1 is 1.17 bits per heavy atom. The van der Waals surface area contributed by atoms with Gasteiger partial charge in [0.15, 0.2) is 0 Å². The monoisotopic (exact) mass is 491 g/mol. The van der Waals surface area contributed by atoms with Crippen molar-refractivity contribution in [1.29, 1.82) is 0 Å². The van der Waals surface area contributed by atoms with Gasteiger partial charge in [0.2, 0.25) is 11.9 Å². The van der Waals surface area contributed by atoms with Crippen LogP contribution in [-0.4, -0.2) is 47.3 Å². The van der Waals surface area contributed by atoms with E-state index in [0.717, 1.165) is 36.1 Å². The highest BCUT2D eigenvalue weighted by Gasteiger charge is 2.33. The fourth-order valence-corrected chi connectivity index (χ4v) is 4.43. The molecule has 2 aliphatic rings. The van der Waals surface area contributed by atoms with E-state index in [1.165, 1.54) is 6.92 Å². The second-order valence-corrected chi connectivity index (χ2v) is 9.22. The predicted molar refractivity (Wildman–Crippen MR) is 122 cm³/mol. The van der Waals surface area contributed by atoms with Crippen LogP contribution >= 0.6 is 0 Å². The Kier molecular flexibility index (Phi) is 7.42. The third kappa shape index (κ3) is 6.83. The van der Waals surface area contributed by atoms with Gasteiger partial charge in [0.1, 0.15) is 0 Å². The summed E-state index contributed by atoms with van der Waals surface area (Å²) in [5.41, 5.74) is 2.79. The van der Waals surface area contributed by atoms with Gasteiger partial charge in [0, 0.05) is 30.7 Å². The van der Waals surface area contributed by atoms with Gasteiger partial charge in [-0.05, 0) is 61.3 Å². The summed E-state index contributed by atoms with van der Waals surface area (Å²) in [7, 11) is 0. The smallest absolute Gasteiger partial charge is 0.407 e. The Morgan fingerprint density at radius 2 is 1.86 bits per heavy atom. The predicted octanol–water partition coefficient (Wildman–Crippen LogP) is 4.38. The lowest BCUT2D eigenvalue weighted by Gasteiger charge is -2.34. The molecule has 2 unspecified atom stereocenters. The van der Waals surface area contributed by atoms with E-state index in [4.69, 9.17) is 4.74 Å². The largest absolute Gasteiger partial charge is 0.449 e. The summed E-state index contributed by atoms with van der Waals surface area (Å²) >= 11 is 0. The van der Waals surface area contributed by atoms with Gasteiger partial charge in [-0.25, -0.2) is 14.8 Å². The summed E-state index contributed by atoms with van der Waals surface area (Å²) in [6.07, 6.45) is -0.347. The molecule has 8 nitrogen and oxygen atoms in total. The summed E-state index contributed by atoms with van der Waals surface area (Å²) < 4.78 is 42.1. The molecule has 1 aliphatic carbocycles. The molecule has 2 amide bonds. The number of benzene rings is 1. The van der Waals surface area contributed by atoms with Gasteiger partial charge >= 0.3 is 12.3 Å². The number of alkyl halides is 3. The molecule has 1 aliphatic heterocycles. The van der Waals surface area contributed by atoms with E-state index in [9.17, 15) is 22.8 Å². The number of hydrogen-bond acceptors (Lipinski definition) is 6. The third-order valence-corrected chi connectivity index (χ3v) is 6.35. The van der Waals surface area contributed by atoms with Crippen molar-refractivity contribution in [3.05, 3.63) is 47.8 Å².